The van der Waals surface area contributed by atoms with Gasteiger partial charge in [0.2, 0.25) is 0 Å². The smallest absolute Gasteiger partial charge is 0.119 e. The fraction of sp³-hybridized carbons (Fsp3) is 0.625. The molecule has 1 N–H and O–H groups in total. The number of hydrogen-bond donors (Lipinski definition) is 1. The van der Waals surface area contributed by atoms with Gasteiger partial charge in [0.25, 0.3) is 0 Å². The lowest BCUT2D eigenvalue weighted by Gasteiger charge is -2.25. The van der Waals surface area contributed by atoms with E-state index in [1.807, 2.05) is 12.1 Å². The van der Waals surface area contributed by atoms with Crippen LogP contribution in [0.25, 0.3) is 0 Å². The molecular formula is C16H25NO2. The Morgan fingerprint density at radius 2 is 2.21 bits per heavy atom. The number of methoxy groups -OCH3 is 1. The molecule has 106 valence electrons. The number of aliphatic hydroxyl groups excluding tert-OH is 1. The van der Waals surface area contributed by atoms with Gasteiger partial charge in [0.1, 0.15) is 5.75 Å². The highest BCUT2D eigenvalue weighted by molar-refractivity contribution is 5.28. The van der Waals surface area contributed by atoms with E-state index < -0.39 is 0 Å². The Morgan fingerprint density at radius 1 is 1.42 bits per heavy atom. The van der Waals surface area contributed by atoms with Crippen molar-refractivity contribution in [1.82, 2.24) is 4.90 Å². The molecule has 0 bridgehead atoms. The van der Waals surface area contributed by atoms with Crippen molar-refractivity contribution < 1.29 is 9.84 Å². The molecule has 1 aliphatic carbocycles. The summed E-state index contributed by atoms with van der Waals surface area (Å²) in [5.74, 6) is 0.905. The molecule has 2 rings (SSSR count). The van der Waals surface area contributed by atoms with Crippen LogP contribution in [0.2, 0.25) is 0 Å². The van der Waals surface area contributed by atoms with Crippen LogP contribution in [-0.4, -0.2) is 35.8 Å². The van der Waals surface area contributed by atoms with Crippen LogP contribution in [0, 0.1) is 0 Å². The van der Waals surface area contributed by atoms with Gasteiger partial charge in [-0.3, -0.25) is 4.90 Å². The summed E-state index contributed by atoms with van der Waals surface area (Å²) < 4.78 is 5.26. The summed E-state index contributed by atoms with van der Waals surface area (Å²) in [7, 11) is 1.70. The maximum absolute atomic E-state index is 10.0. The topological polar surface area (TPSA) is 32.7 Å². The second-order valence-electron chi connectivity index (χ2n) is 5.45. The average Bonchev–Trinajstić information content (AvgIpc) is 3.23. The predicted octanol–water partition coefficient (Wildman–Crippen LogP) is 2.82. The normalized spacial score (nSPS) is 16.6. The van der Waals surface area contributed by atoms with Crippen LogP contribution in [0.3, 0.4) is 0 Å². The summed E-state index contributed by atoms with van der Waals surface area (Å²) in [6, 6.07) is 8.88. The van der Waals surface area contributed by atoms with Crippen molar-refractivity contribution in [2.45, 2.75) is 51.3 Å². The third kappa shape index (κ3) is 4.51. The van der Waals surface area contributed by atoms with Crippen LogP contribution in [0.15, 0.2) is 24.3 Å². The Bertz CT molecular complexity index is 390. The molecule has 3 nitrogen and oxygen atoms in total. The number of ether oxygens (including phenoxy) is 1. The third-order valence-corrected chi connectivity index (χ3v) is 3.65. The molecule has 0 radical (unpaired) electrons. The van der Waals surface area contributed by atoms with Gasteiger partial charge in [-0.2, -0.15) is 0 Å². The average molecular weight is 263 g/mol. The first-order valence-electron chi connectivity index (χ1n) is 7.28. The van der Waals surface area contributed by atoms with Crippen molar-refractivity contribution in [2.75, 3.05) is 13.7 Å². The zero-order valence-electron chi connectivity index (χ0n) is 12.0. The van der Waals surface area contributed by atoms with Gasteiger partial charge in [-0.15, -0.1) is 0 Å². The Balaban J connectivity index is 1.95. The fourth-order valence-corrected chi connectivity index (χ4v) is 2.48. The molecule has 1 unspecified atom stereocenters. The Kier molecular flexibility index (Phi) is 5.23. The highest BCUT2D eigenvalue weighted by Crippen LogP contribution is 2.29. The standard InChI is InChI=1S/C16H25NO2/c1-3-5-15(18)12-17(14-8-9-14)11-13-6-4-7-16(10-13)19-2/h4,6-7,10,14-15,18H,3,5,8-9,11-12H2,1-2H3. The largest absolute Gasteiger partial charge is 0.497 e. The van der Waals surface area contributed by atoms with E-state index >= 15 is 0 Å². The van der Waals surface area contributed by atoms with Crippen molar-refractivity contribution >= 4 is 0 Å². The molecule has 0 aromatic heterocycles. The van der Waals surface area contributed by atoms with Crippen LogP contribution >= 0.6 is 0 Å². The van der Waals surface area contributed by atoms with Crippen molar-refractivity contribution in [3.63, 3.8) is 0 Å². The number of rotatable bonds is 8. The van der Waals surface area contributed by atoms with E-state index in [0.29, 0.717) is 6.04 Å². The second-order valence-corrected chi connectivity index (χ2v) is 5.45. The summed E-state index contributed by atoms with van der Waals surface area (Å²) in [5, 5.41) is 10.0. The Labute approximate surface area is 116 Å². The first-order chi connectivity index (χ1) is 9.22. The SMILES string of the molecule is CCCC(O)CN(Cc1cccc(OC)c1)C1CC1. The summed E-state index contributed by atoms with van der Waals surface area (Å²) in [6.45, 7) is 3.81. The molecule has 0 aliphatic heterocycles. The van der Waals surface area contributed by atoms with Gasteiger partial charge in [-0.25, -0.2) is 0 Å². The number of hydrogen-bond acceptors (Lipinski definition) is 3. The summed E-state index contributed by atoms with van der Waals surface area (Å²) in [6.07, 6.45) is 4.27. The van der Waals surface area contributed by atoms with Crippen molar-refractivity contribution in [1.29, 1.82) is 0 Å². The molecule has 1 atom stereocenters. The molecule has 0 heterocycles. The third-order valence-electron chi connectivity index (χ3n) is 3.65. The molecule has 1 aromatic carbocycles. The molecule has 0 amide bonds. The molecule has 1 saturated carbocycles. The summed E-state index contributed by atoms with van der Waals surface area (Å²) in [5.41, 5.74) is 1.26. The lowest BCUT2D eigenvalue weighted by Crippen LogP contribution is -2.33. The molecule has 3 heteroatoms. The van der Waals surface area contributed by atoms with Crippen molar-refractivity contribution in [3.8, 4) is 5.75 Å². The van der Waals surface area contributed by atoms with Crippen molar-refractivity contribution in [2.24, 2.45) is 0 Å². The van der Waals surface area contributed by atoms with E-state index in [1.165, 1.54) is 18.4 Å². The maximum Gasteiger partial charge on any atom is 0.119 e. The van der Waals surface area contributed by atoms with E-state index in [2.05, 4.69) is 24.0 Å². The van der Waals surface area contributed by atoms with Gasteiger partial charge in [0.15, 0.2) is 0 Å². The number of nitrogens with zero attached hydrogens (tertiary/aromatic N) is 1. The van der Waals surface area contributed by atoms with Gasteiger partial charge in [-0.05, 0) is 37.0 Å². The van der Waals surface area contributed by atoms with E-state index in [4.69, 9.17) is 4.74 Å². The van der Waals surface area contributed by atoms with E-state index in [0.717, 1.165) is 31.7 Å². The maximum atomic E-state index is 10.0. The van der Waals surface area contributed by atoms with Crippen LogP contribution < -0.4 is 4.74 Å². The monoisotopic (exact) mass is 263 g/mol. The number of benzene rings is 1. The van der Waals surface area contributed by atoms with Crippen LogP contribution in [0.5, 0.6) is 5.75 Å². The minimum atomic E-state index is -0.198. The first-order valence-corrected chi connectivity index (χ1v) is 7.28. The first kappa shape index (κ1) is 14.4. The highest BCUT2D eigenvalue weighted by atomic mass is 16.5. The van der Waals surface area contributed by atoms with E-state index in [-0.39, 0.29) is 6.10 Å². The predicted molar refractivity (Wildman–Crippen MR) is 77.3 cm³/mol. The molecule has 0 spiro atoms. The fourth-order valence-electron chi connectivity index (χ4n) is 2.48. The van der Waals surface area contributed by atoms with Crippen LogP contribution in [-0.2, 0) is 6.54 Å². The van der Waals surface area contributed by atoms with Crippen LogP contribution in [0.4, 0.5) is 0 Å². The van der Waals surface area contributed by atoms with Gasteiger partial charge >= 0.3 is 0 Å². The molecular weight excluding hydrogens is 238 g/mol. The van der Waals surface area contributed by atoms with Gasteiger partial charge in [-0.1, -0.05) is 25.5 Å². The minimum Gasteiger partial charge on any atom is -0.497 e. The Morgan fingerprint density at radius 3 is 2.84 bits per heavy atom. The van der Waals surface area contributed by atoms with E-state index in [1.54, 1.807) is 7.11 Å². The summed E-state index contributed by atoms with van der Waals surface area (Å²) >= 11 is 0. The highest BCUT2D eigenvalue weighted by Gasteiger charge is 2.30. The van der Waals surface area contributed by atoms with E-state index in [9.17, 15) is 5.11 Å². The van der Waals surface area contributed by atoms with Crippen LogP contribution in [0.1, 0.15) is 38.2 Å². The zero-order chi connectivity index (χ0) is 13.7. The summed E-state index contributed by atoms with van der Waals surface area (Å²) in [4.78, 5) is 2.41. The minimum absolute atomic E-state index is 0.198. The number of aliphatic hydroxyl groups is 1. The molecule has 1 aromatic rings. The zero-order valence-corrected chi connectivity index (χ0v) is 12.0. The molecule has 1 aliphatic rings. The lowest BCUT2D eigenvalue weighted by atomic mass is 10.1. The second kappa shape index (κ2) is 6.92. The van der Waals surface area contributed by atoms with Gasteiger partial charge < -0.3 is 9.84 Å². The van der Waals surface area contributed by atoms with Gasteiger partial charge in [0, 0.05) is 19.1 Å². The lowest BCUT2D eigenvalue weighted by molar-refractivity contribution is 0.0966. The van der Waals surface area contributed by atoms with Crippen molar-refractivity contribution in [3.05, 3.63) is 29.8 Å². The Hall–Kier alpha value is -1.06. The van der Waals surface area contributed by atoms with Gasteiger partial charge in [0.05, 0.1) is 13.2 Å². The molecule has 19 heavy (non-hydrogen) atoms. The molecule has 1 fully saturated rings. The molecule has 0 saturated heterocycles. The quantitative estimate of drug-likeness (QED) is 0.783.